The Morgan fingerprint density at radius 1 is 1.17 bits per heavy atom. The van der Waals surface area contributed by atoms with Crippen LogP contribution in [0.2, 0.25) is 0 Å². The SMILES string of the molecule is CCCCCCCCCSc1ncc(CO)n1C. The van der Waals surface area contributed by atoms with E-state index in [1.807, 2.05) is 11.6 Å². The van der Waals surface area contributed by atoms with Gasteiger partial charge >= 0.3 is 0 Å². The van der Waals surface area contributed by atoms with E-state index in [-0.39, 0.29) is 6.61 Å². The maximum atomic E-state index is 9.07. The highest BCUT2D eigenvalue weighted by molar-refractivity contribution is 7.99. The van der Waals surface area contributed by atoms with Crippen LogP contribution in [0.15, 0.2) is 11.4 Å². The second-order valence-corrected chi connectivity index (χ2v) is 5.78. The Bertz CT molecular complexity index is 326. The molecule has 0 aliphatic heterocycles. The quantitative estimate of drug-likeness (QED) is 0.520. The Morgan fingerprint density at radius 2 is 1.83 bits per heavy atom. The number of thioether (sulfide) groups is 1. The van der Waals surface area contributed by atoms with Gasteiger partial charge in [-0.15, -0.1) is 0 Å². The number of hydrogen-bond donors (Lipinski definition) is 1. The summed E-state index contributed by atoms with van der Waals surface area (Å²) >= 11 is 1.79. The van der Waals surface area contributed by atoms with Crippen LogP contribution in [0.25, 0.3) is 0 Å². The third-order valence-corrected chi connectivity index (χ3v) is 4.31. The predicted molar refractivity (Wildman–Crippen MR) is 77.8 cm³/mol. The number of nitrogens with zero attached hydrogens (tertiary/aromatic N) is 2. The smallest absolute Gasteiger partial charge is 0.167 e. The number of imidazole rings is 1. The summed E-state index contributed by atoms with van der Waals surface area (Å²) in [5.74, 6) is 1.13. The maximum absolute atomic E-state index is 9.07. The van der Waals surface area contributed by atoms with Gasteiger partial charge in [-0.05, 0) is 6.42 Å². The monoisotopic (exact) mass is 270 g/mol. The van der Waals surface area contributed by atoms with Gasteiger partial charge in [0.25, 0.3) is 0 Å². The molecular formula is C14H26N2OS. The third kappa shape index (κ3) is 5.44. The number of aliphatic hydroxyl groups excluding tert-OH is 1. The van der Waals surface area contributed by atoms with Gasteiger partial charge in [0.05, 0.1) is 18.5 Å². The summed E-state index contributed by atoms with van der Waals surface area (Å²) in [5.41, 5.74) is 0.886. The molecule has 1 aromatic rings. The molecular weight excluding hydrogens is 244 g/mol. The van der Waals surface area contributed by atoms with Crippen LogP contribution in [0.1, 0.15) is 57.6 Å². The molecule has 0 spiro atoms. The van der Waals surface area contributed by atoms with Gasteiger partial charge in [-0.25, -0.2) is 4.98 Å². The fraction of sp³-hybridized carbons (Fsp3) is 0.786. The molecule has 18 heavy (non-hydrogen) atoms. The van der Waals surface area contributed by atoms with E-state index < -0.39 is 0 Å². The Labute approximate surface area is 115 Å². The molecule has 1 rings (SSSR count). The van der Waals surface area contributed by atoms with Crippen molar-refractivity contribution in [2.24, 2.45) is 7.05 Å². The summed E-state index contributed by atoms with van der Waals surface area (Å²) < 4.78 is 1.98. The first-order valence-electron chi connectivity index (χ1n) is 7.03. The highest BCUT2D eigenvalue weighted by atomic mass is 32.2. The van der Waals surface area contributed by atoms with E-state index in [4.69, 9.17) is 5.11 Å². The van der Waals surface area contributed by atoms with Gasteiger partial charge in [0, 0.05) is 12.8 Å². The zero-order valence-electron chi connectivity index (χ0n) is 11.7. The van der Waals surface area contributed by atoms with Gasteiger partial charge in [-0.3, -0.25) is 0 Å². The average molecular weight is 270 g/mol. The number of rotatable bonds is 10. The standard InChI is InChI=1S/C14H26N2OS/c1-3-4-5-6-7-8-9-10-18-14-15-11-13(12-17)16(14)2/h11,17H,3-10,12H2,1-2H3. The zero-order valence-corrected chi connectivity index (χ0v) is 12.5. The first kappa shape index (κ1) is 15.6. The van der Waals surface area contributed by atoms with Gasteiger partial charge in [0.2, 0.25) is 0 Å². The van der Waals surface area contributed by atoms with Gasteiger partial charge in [0.15, 0.2) is 5.16 Å². The Balaban J connectivity index is 2.05. The van der Waals surface area contributed by atoms with Crippen LogP contribution in [0.3, 0.4) is 0 Å². The predicted octanol–water partition coefficient (Wildman–Crippen LogP) is 3.76. The molecule has 0 saturated heterocycles. The molecule has 0 amide bonds. The summed E-state index contributed by atoms with van der Waals surface area (Å²) in [7, 11) is 1.96. The van der Waals surface area contributed by atoms with Crippen molar-refractivity contribution in [1.29, 1.82) is 0 Å². The van der Waals surface area contributed by atoms with E-state index in [0.717, 1.165) is 16.6 Å². The van der Waals surface area contributed by atoms with Crippen molar-refractivity contribution in [3.8, 4) is 0 Å². The summed E-state index contributed by atoms with van der Waals surface area (Å²) in [6, 6.07) is 0. The van der Waals surface area contributed by atoms with Crippen LogP contribution >= 0.6 is 11.8 Å². The highest BCUT2D eigenvalue weighted by Gasteiger charge is 2.05. The van der Waals surface area contributed by atoms with Crippen LogP contribution in [-0.4, -0.2) is 20.4 Å². The minimum Gasteiger partial charge on any atom is -0.390 e. The van der Waals surface area contributed by atoms with Crippen molar-refractivity contribution in [3.63, 3.8) is 0 Å². The van der Waals surface area contributed by atoms with Crippen LogP contribution in [-0.2, 0) is 13.7 Å². The lowest BCUT2D eigenvalue weighted by Crippen LogP contribution is -1.97. The van der Waals surface area contributed by atoms with E-state index in [1.165, 1.54) is 44.9 Å². The minimum atomic E-state index is 0.0709. The van der Waals surface area contributed by atoms with E-state index >= 15 is 0 Å². The first-order chi connectivity index (χ1) is 8.79. The lowest BCUT2D eigenvalue weighted by atomic mass is 10.1. The number of unbranched alkanes of at least 4 members (excludes halogenated alkanes) is 6. The fourth-order valence-electron chi connectivity index (χ4n) is 1.93. The Kier molecular flexibility index (Phi) is 8.18. The molecule has 0 atom stereocenters. The molecule has 0 aromatic carbocycles. The van der Waals surface area contributed by atoms with Crippen LogP contribution in [0.4, 0.5) is 0 Å². The minimum absolute atomic E-state index is 0.0709. The molecule has 4 heteroatoms. The number of aliphatic hydroxyl groups is 1. The van der Waals surface area contributed by atoms with Crippen molar-refractivity contribution >= 4 is 11.8 Å². The van der Waals surface area contributed by atoms with Crippen molar-refractivity contribution in [2.75, 3.05) is 5.75 Å². The molecule has 0 bridgehead atoms. The molecule has 0 fully saturated rings. The van der Waals surface area contributed by atoms with Crippen molar-refractivity contribution in [3.05, 3.63) is 11.9 Å². The highest BCUT2D eigenvalue weighted by Crippen LogP contribution is 2.19. The van der Waals surface area contributed by atoms with E-state index in [2.05, 4.69) is 11.9 Å². The van der Waals surface area contributed by atoms with Gasteiger partial charge in [0.1, 0.15) is 0 Å². The summed E-state index contributed by atoms with van der Waals surface area (Å²) in [4.78, 5) is 4.31. The fourth-order valence-corrected chi connectivity index (χ4v) is 2.90. The molecule has 0 unspecified atom stereocenters. The van der Waals surface area contributed by atoms with E-state index in [9.17, 15) is 0 Å². The van der Waals surface area contributed by atoms with Crippen LogP contribution in [0.5, 0.6) is 0 Å². The van der Waals surface area contributed by atoms with Crippen molar-refractivity contribution < 1.29 is 5.11 Å². The molecule has 104 valence electrons. The molecule has 1 N–H and O–H groups in total. The van der Waals surface area contributed by atoms with Crippen molar-refractivity contribution in [2.45, 2.75) is 63.6 Å². The second-order valence-electron chi connectivity index (χ2n) is 4.72. The normalized spacial score (nSPS) is 11.1. The summed E-state index contributed by atoms with van der Waals surface area (Å²) in [6.45, 7) is 2.33. The van der Waals surface area contributed by atoms with Gasteiger partial charge in [-0.2, -0.15) is 0 Å². The molecule has 0 aliphatic carbocycles. The molecule has 1 heterocycles. The first-order valence-corrected chi connectivity index (χ1v) is 8.02. The lowest BCUT2D eigenvalue weighted by Gasteiger charge is -2.04. The molecule has 1 aromatic heterocycles. The lowest BCUT2D eigenvalue weighted by molar-refractivity contribution is 0.271. The molecule has 0 aliphatic rings. The zero-order chi connectivity index (χ0) is 13.2. The molecule has 0 saturated carbocycles. The topological polar surface area (TPSA) is 38.1 Å². The summed E-state index contributed by atoms with van der Waals surface area (Å²) in [6.07, 6.45) is 11.2. The van der Waals surface area contributed by atoms with Gasteiger partial charge < -0.3 is 9.67 Å². The van der Waals surface area contributed by atoms with Gasteiger partial charge in [-0.1, -0.05) is 57.2 Å². The maximum Gasteiger partial charge on any atom is 0.167 e. The molecule has 3 nitrogen and oxygen atoms in total. The van der Waals surface area contributed by atoms with E-state index in [1.54, 1.807) is 18.0 Å². The summed E-state index contributed by atoms with van der Waals surface area (Å²) in [5, 5.41) is 10.1. The van der Waals surface area contributed by atoms with Crippen LogP contribution < -0.4 is 0 Å². The Morgan fingerprint density at radius 3 is 2.44 bits per heavy atom. The van der Waals surface area contributed by atoms with Crippen molar-refractivity contribution in [1.82, 2.24) is 9.55 Å². The largest absolute Gasteiger partial charge is 0.390 e. The van der Waals surface area contributed by atoms with E-state index in [0.29, 0.717) is 0 Å². The average Bonchev–Trinajstić information content (AvgIpc) is 2.73. The number of aromatic nitrogens is 2. The Hall–Kier alpha value is -0.480. The second kappa shape index (κ2) is 9.45. The molecule has 0 radical (unpaired) electrons. The van der Waals surface area contributed by atoms with Crippen LogP contribution in [0, 0.1) is 0 Å². The third-order valence-electron chi connectivity index (χ3n) is 3.18. The number of hydrogen-bond acceptors (Lipinski definition) is 3.